The standard InChI is InChI=1S/C11H15N3S/c1-7-4-5-10(6-8(7)2)9(3)13-14-11(12)15/h4-6H,1-3H3,(H3,12,14,15)/b13-9+. The average Bonchev–Trinajstić information content (AvgIpc) is 2.18. The maximum atomic E-state index is 5.29. The van der Waals surface area contributed by atoms with Crippen molar-refractivity contribution in [2.24, 2.45) is 10.8 Å². The molecule has 1 rings (SSSR count). The van der Waals surface area contributed by atoms with Crippen molar-refractivity contribution >= 4 is 23.0 Å². The minimum atomic E-state index is 0.179. The first kappa shape index (κ1) is 11.7. The third-order valence-electron chi connectivity index (χ3n) is 2.26. The van der Waals surface area contributed by atoms with E-state index in [9.17, 15) is 0 Å². The molecule has 1 aromatic carbocycles. The molecule has 0 spiro atoms. The third-order valence-corrected chi connectivity index (χ3v) is 2.35. The van der Waals surface area contributed by atoms with Crippen LogP contribution in [-0.4, -0.2) is 10.8 Å². The summed E-state index contributed by atoms with van der Waals surface area (Å²) in [6.45, 7) is 6.07. The molecule has 0 aliphatic heterocycles. The number of hydrazone groups is 1. The van der Waals surface area contributed by atoms with Crippen LogP contribution in [0.1, 0.15) is 23.6 Å². The maximum Gasteiger partial charge on any atom is 0.184 e. The number of thiocarbonyl (C=S) groups is 1. The smallest absolute Gasteiger partial charge is 0.184 e. The third kappa shape index (κ3) is 3.32. The van der Waals surface area contributed by atoms with Crippen LogP contribution >= 0.6 is 12.2 Å². The van der Waals surface area contributed by atoms with Gasteiger partial charge in [0.15, 0.2) is 5.11 Å². The van der Waals surface area contributed by atoms with Gasteiger partial charge < -0.3 is 5.73 Å². The van der Waals surface area contributed by atoms with Gasteiger partial charge in [0.05, 0.1) is 5.71 Å². The summed E-state index contributed by atoms with van der Waals surface area (Å²) in [7, 11) is 0. The van der Waals surface area contributed by atoms with Crippen molar-refractivity contribution in [3.8, 4) is 0 Å². The van der Waals surface area contributed by atoms with E-state index in [2.05, 4.69) is 48.7 Å². The van der Waals surface area contributed by atoms with Gasteiger partial charge in [-0.25, -0.2) is 0 Å². The first-order valence-electron chi connectivity index (χ1n) is 4.68. The van der Waals surface area contributed by atoms with E-state index >= 15 is 0 Å². The SMILES string of the molecule is C/C(=N\NC(N)=S)c1ccc(C)c(C)c1. The lowest BCUT2D eigenvalue weighted by Crippen LogP contribution is -2.25. The molecule has 0 aliphatic carbocycles. The normalized spacial score (nSPS) is 11.3. The molecule has 4 heteroatoms. The molecule has 0 fully saturated rings. The second-order valence-electron chi connectivity index (χ2n) is 3.47. The van der Waals surface area contributed by atoms with Crippen LogP contribution < -0.4 is 11.2 Å². The van der Waals surface area contributed by atoms with Gasteiger partial charge in [-0.3, -0.25) is 5.43 Å². The predicted octanol–water partition coefficient (Wildman–Crippen LogP) is 1.86. The number of hydrogen-bond donors (Lipinski definition) is 2. The first-order chi connectivity index (χ1) is 7.00. The van der Waals surface area contributed by atoms with Crippen molar-refractivity contribution in [3.05, 3.63) is 34.9 Å². The monoisotopic (exact) mass is 221 g/mol. The Balaban J connectivity index is 2.91. The zero-order valence-corrected chi connectivity index (χ0v) is 9.98. The fourth-order valence-electron chi connectivity index (χ4n) is 1.17. The Kier molecular flexibility index (Phi) is 3.80. The fourth-order valence-corrected chi connectivity index (χ4v) is 1.22. The first-order valence-corrected chi connectivity index (χ1v) is 5.09. The van der Waals surface area contributed by atoms with E-state index in [-0.39, 0.29) is 5.11 Å². The molecule has 3 nitrogen and oxygen atoms in total. The van der Waals surface area contributed by atoms with Crippen LogP contribution in [0, 0.1) is 13.8 Å². The number of benzene rings is 1. The maximum absolute atomic E-state index is 5.29. The second-order valence-corrected chi connectivity index (χ2v) is 3.91. The van der Waals surface area contributed by atoms with Crippen LogP contribution in [0.25, 0.3) is 0 Å². The van der Waals surface area contributed by atoms with Crippen molar-refractivity contribution in [2.75, 3.05) is 0 Å². The van der Waals surface area contributed by atoms with E-state index in [4.69, 9.17) is 5.73 Å². The highest BCUT2D eigenvalue weighted by molar-refractivity contribution is 7.80. The Morgan fingerprint density at radius 1 is 1.33 bits per heavy atom. The van der Waals surface area contributed by atoms with Gasteiger partial charge in [0, 0.05) is 0 Å². The topological polar surface area (TPSA) is 50.4 Å². The van der Waals surface area contributed by atoms with Crippen molar-refractivity contribution in [3.63, 3.8) is 0 Å². The van der Waals surface area contributed by atoms with Gasteiger partial charge in [0.25, 0.3) is 0 Å². The zero-order chi connectivity index (χ0) is 11.4. The summed E-state index contributed by atoms with van der Waals surface area (Å²) < 4.78 is 0. The number of nitrogens with two attached hydrogens (primary N) is 1. The minimum absolute atomic E-state index is 0.179. The largest absolute Gasteiger partial charge is 0.375 e. The summed E-state index contributed by atoms with van der Waals surface area (Å²) in [5.74, 6) is 0. The number of hydrogen-bond acceptors (Lipinski definition) is 2. The predicted molar refractivity (Wildman–Crippen MR) is 68.0 cm³/mol. The molecule has 0 saturated carbocycles. The summed E-state index contributed by atoms with van der Waals surface area (Å²) in [5.41, 5.74) is 12.3. The molecule has 0 amide bonds. The number of nitrogens with one attached hydrogen (secondary N) is 1. The number of aryl methyl sites for hydroxylation is 2. The van der Waals surface area contributed by atoms with Gasteiger partial charge in [-0.05, 0) is 55.7 Å². The Hall–Kier alpha value is -1.42. The Labute approximate surface area is 95.4 Å². The Morgan fingerprint density at radius 2 is 2.00 bits per heavy atom. The second kappa shape index (κ2) is 4.89. The molecule has 3 N–H and O–H groups in total. The van der Waals surface area contributed by atoms with E-state index in [1.807, 2.05) is 13.0 Å². The molecule has 1 aromatic rings. The average molecular weight is 221 g/mol. The minimum Gasteiger partial charge on any atom is -0.375 e. The van der Waals surface area contributed by atoms with Crippen LogP contribution in [0.15, 0.2) is 23.3 Å². The molecule has 80 valence electrons. The van der Waals surface area contributed by atoms with Crippen LogP contribution in [0.3, 0.4) is 0 Å². The highest BCUT2D eigenvalue weighted by Crippen LogP contribution is 2.10. The van der Waals surface area contributed by atoms with Crippen molar-refractivity contribution in [1.82, 2.24) is 5.43 Å². The Morgan fingerprint density at radius 3 is 2.53 bits per heavy atom. The molecule has 0 aliphatic rings. The van der Waals surface area contributed by atoms with Crippen molar-refractivity contribution in [2.45, 2.75) is 20.8 Å². The molecular formula is C11H15N3S. The van der Waals surface area contributed by atoms with Gasteiger partial charge >= 0.3 is 0 Å². The van der Waals surface area contributed by atoms with E-state index < -0.39 is 0 Å². The summed E-state index contributed by atoms with van der Waals surface area (Å²) in [6.07, 6.45) is 0. The molecule has 0 saturated heterocycles. The summed E-state index contributed by atoms with van der Waals surface area (Å²) in [5, 5.41) is 4.24. The lowest BCUT2D eigenvalue weighted by atomic mass is 10.0. The molecule has 15 heavy (non-hydrogen) atoms. The Bertz CT molecular complexity index is 410. The van der Waals surface area contributed by atoms with Crippen LogP contribution in [-0.2, 0) is 0 Å². The van der Waals surface area contributed by atoms with Gasteiger partial charge in [0.2, 0.25) is 0 Å². The number of nitrogens with zero attached hydrogens (tertiary/aromatic N) is 1. The van der Waals surface area contributed by atoms with Crippen molar-refractivity contribution in [1.29, 1.82) is 0 Å². The highest BCUT2D eigenvalue weighted by Gasteiger charge is 1.99. The quantitative estimate of drug-likeness (QED) is 0.455. The number of rotatable bonds is 2. The lowest BCUT2D eigenvalue weighted by Gasteiger charge is -2.05. The van der Waals surface area contributed by atoms with Gasteiger partial charge in [-0.15, -0.1) is 0 Å². The van der Waals surface area contributed by atoms with Crippen LogP contribution in [0.5, 0.6) is 0 Å². The molecule has 0 bridgehead atoms. The fraction of sp³-hybridized carbons (Fsp3) is 0.273. The molecule has 0 radical (unpaired) electrons. The van der Waals surface area contributed by atoms with Gasteiger partial charge in [-0.2, -0.15) is 5.10 Å². The van der Waals surface area contributed by atoms with Crippen LogP contribution in [0.2, 0.25) is 0 Å². The van der Waals surface area contributed by atoms with E-state index in [0.29, 0.717) is 0 Å². The lowest BCUT2D eigenvalue weighted by molar-refractivity contribution is 1.03. The van der Waals surface area contributed by atoms with Gasteiger partial charge in [-0.1, -0.05) is 12.1 Å². The van der Waals surface area contributed by atoms with Crippen molar-refractivity contribution < 1.29 is 0 Å². The molecule has 0 aromatic heterocycles. The summed E-state index contributed by atoms with van der Waals surface area (Å²) >= 11 is 4.67. The summed E-state index contributed by atoms with van der Waals surface area (Å²) in [6, 6.07) is 6.20. The zero-order valence-electron chi connectivity index (χ0n) is 9.16. The van der Waals surface area contributed by atoms with E-state index in [1.165, 1.54) is 11.1 Å². The van der Waals surface area contributed by atoms with Crippen LogP contribution in [0.4, 0.5) is 0 Å². The highest BCUT2D eigenvalue weighted by atomic mass is 32.1. The van der Waals surface area contributed by atoms with Gasteiger partial charge in [0.1, 0.15) is 0 Å². The molecule has 0 atom stereocenters. The van der Waals surface area contributed by atoms with E-state index in [0.717, 1.165) is 11.3 Å². The van der Waals surface area contributed by atoms with E-state index in [1.54, 1.807) is 0 Å². The molecule has 0 heterocycles. The molecular weight excluding hydrogens is 206 g/mol. The molecule has 0 unspecified atom stereocenters. The summed E-state index contributed by atoms with van der Waals surface area (Å²) in [4.78, 5) is 0.